The smallest absolute Gasteiger partial charge is 0.343 e. The fourth-order valence-corrected chi connectivity index (χ4v) is 11.0. The van der Waals surface area contributed by atoms with Gasteiger partial charge in [0.1, 0.15) is 24.4 Å². The molecule has 4 aliphatic rings. The predicted octanol–water partition coefficient (Wildman–Crippen LogP) is 4.82. The number of ether oxygens (including phenoxy) is 4. The highest BCUT2D eigenvalue weighted by molar-refractivity contribution is 8.22. The van der Waals surface area contributed by atoms with Gasteiger partial charge in [0, 0.05) is 53.7 Å². The minimum absolute atomic E-state index is 0.0108. The van der Waals surface area contributed by atoms with Crippen molar-refractivity contribution in [1.82, 2.24) is 0 Å². The van der Waals surface area contributed by atoms with Crippen LogP contribution in [0.1, 0.15) is 59.5 Å². The molecule has 239 valence electrons. The van der Waals surface area contributed by atoms with Crippen LogP contribution in [0.3, 0.4) is 0 Å². The Hall–Kier alpha value is -4.58. The SMILES string of the molecule is CC1(C)Oc2c([CH]c3c4c(c(C(=O)O)c5c3SC(C#CO)(C#CO)S5)SC(C#CO)(C#CO)S4)c3c(c(C(=O)O)c2O1)OC(C)(C)O3. The van der Waals surface area contributed by atoms with E-state index in [0.29, 0.717) is 15.4 Å². The molecule has 0 spiro atoms. The Labute approximate surface area is 283 Å². The molecule has 2 aromatic rings. The number of aromatic carboxylic acids is 2. The van der Waals surface area contributed by atoms with Crippen LogP contribution in [0.5, 0.6) is 23.0 Å². The van der Waals surface area contributed by atoms with E-state index in [1.54, 1.807) is 58.5 Å². The van der Waals surface area contributed by atoms with Gasteiger partial charge in [-0.25, -0.2) is 9.59 Å². The number of carboxylic acids is 2. The molecule has 0 atom stereocenters. The number of fused-ring (bicyclic) bond motifs is 4. The summed E-state index contributed by atoms with van der Waals surface area (Å²) in [6.07, 6.45) is 8.78. The second-order valence-corrected chi connectivity index (χ2v) is 16.2. The second kappa shape index (κ2) is 11.0. The highest BCUT2D eigenvalue weighted by atomic mass is 32.2. The lowest BCUT2D eigenvalue weighted by Crippen LogP contribution is -2.31. The van der Waals surface area contributed by atoms with Crippen LogP contribution in [0.4, 0.5) is 0 Å². The van der Waals surface area contributed by atoms with Crippen molar-refractivity contribution in [3.63, 3.8) is 0 Å². The number of rotatable bonds is 4. The second-order valence-electron chi connectivity index (χ2n) is 10.8. The van der Waals surface area contributed by atoms with Gasteiger partial charge in [0.25, 0.3) is 0 Å². The number of carboxylic acid groups (broad SMARTS) is 2. The molecule has 4 heterocycles. The Balaban J connectivity index is 1.68. The van der Waals surface area contributed by atoms with Gasteiger partial charge in [0.05, 0.1) is 11.1 Å². The highest BCUT2D eigenvalue weighted by Gasteiger charge is 2.51. The first kappa shape index (κ1) is 32.4. The molecule has 16 heteroatoms. The molecule has 0 saturated heterocycles. The maximum absolute atomic E-state index is 12.9. The van der Waals surface area contributed by atoms with E-state index in [1.807, 2.05) is 0 Å². The number of thioether (sulfide) groups is 4. The molecular weight excluding hydrogens is 693 g/mol. The maximum atomic E-state index is 12.9. The van der Waals surface area contributed by atoms with E-state index in [0.717, 1.165) is 47.0 Å². The van der Waals surface area contributed by atoms with Gasteiger partial charge in [-0.05, 0) is 29.2 Å². The van der Waals surface area contributed by atoms with Gasteiger partial charge in [-0.15, -0.1) is 0 Å². The molecule has 0 aromatic heterocycles. The average Bonchev–Trinajstić information content (AvgIpc) is 3.68. The van der Waals surface area contributed by atoms with Gasteiger partial charge in [-0.3, -0.25) is 0 Å². The van der Waals surface area contributed by atoms with E-state index in [4.69, 9.17) is 18.9 Å². The minimum atomic E-state index is -1.55. The molecule has 0 amide bonds. The van der Waals surface area contributed by atoms with Crippen molar-refractivity contribution in [2.45, 2.75) is 67.0 Å². The van der Waals surface area contributed by atoms with E-state index >= 15 is 0 Å². The van der Waals surface area contributed by atoms with E-state index < -0.39 is 31.7 Å². The quantitative estimate of drug-likeness (QED) is 0.236. The summed E-state index contributed by atoms with van der Waals surface area (Å²) in [4.78, 5) is 26.3. The molecule has 0 saturated carbocycles. The van der Waals surface area contributed by atoms with E-state index in [2.05, 4.69) is 23.7 Å². The van der Waals surface area contributed by atoms with Crippen molar-refractivity contribution in [2.24, 2.45) is 0 Å². The Morgan fingerprint density at radius 2 is 0.894 bits per heavy atom. The van der Waals surface area contributed by atoms with Crippen molar-refractivity contribution >= 4 is 59.0 Å². The zero-order valence-corrected chi connectivity index (χ0v) is 27.6. The van der Waals surface area contributed by atoms with Gasteiger partial charge in [-0.1, -0.05) is 47.0 Å². The van der Waals surface area contributed by atoms with E-state index in [9.17, 15) is 40.2 Å². The van der Waals surface area contributed by atoms with Crippen molar-refractivity contribution in [2.75, 3.05) is 0 Å². The number of carbonyl (C=O) groups is 2. The molecule has 12 nitrogen and oxygen atoms in total. The molecule has 2 aromatic carbocycles. The van der Waals surface area contributed by atoms with Crippen molar-refractivity contribution < 1.29 is 59.2 Å². The first-order chi connectivity index (χ1) is 22.1. The summed E-state index contributed by atoms with van der Waals surface area (Å²) >= 11 is 3.64. The van der Waals surface area contributed by atoms with Crippen LogP contribution >= 0.6 is 47.0 Å². The van der Waals surface area contributed by atoms with Crippen LogP contribution in [-0.4, -0.2) is 62.3 Å². The lowest BCUT2D eigenvalue weighted by molar-refractivity contribution is -0.0490. The predicted molar refractivity (Wildman–Crippen MR) is 168 cm³/mol. The summed E-state index contributed by atoms with van der Waals surface area (Å²) in [5.74, 6) is 4.59. The molecule has 6 rings (SSSR count). The average molecular weight is 712 g/mol. The summed E-state index contributed by atoms with van der Waals surface area (Å²) in [6.45, 7) is 6.33. The summed E-state index contributed by atoms with van der Waals surface area (Å²) in [7, 11) is 0. The summed E-state index contributed by atoms with van der Waals surface area (Å²) < 4.78 is 21.1. The van der Waals surface area contributed by atoms with Crippen molar-refractivity contribution in [3.05, 3.63) is 28.7 Å². The van der Waals surface area contributed by atoms with Crippen molar-refractivity contribution in [1.29, 1.82) is 0 Å². The molecule has 47 heavy (non-hydrogen) atoms. The van der Waals surface area contributed by atoms with Gasteiger partial charge < -0.3 is 49.6 Å². The van der Waals surface area contributed by atoms with E-state index in [-0.39, 0.29) is 49.5 Å². The maximum Gasteiger partial charge on any atom is 0.343 e. The first-order valence-electron chi connectivity index (χ1n) is 13.1. The Kier molecular flexibility index (Phi) is 7.58. The third-order valence-corrected chi connectivity index (χ3v) is 12.4. The fraction of sp³-hybridized carbons (Fsp3) is 0.258. The van der Waals surface area contributed by atoms with Gasteiger partial charge >= 0.3 is 11.9 Å². The van der Waals surface area contributed by atoms with Gasteiger partial charge in [0.2, 0.25) is 11.6 Å². The zero-order valence-electron chi connectivity index (χ0n) is 24.3. The van der Waals surface area contributed by atoms with Gasteiger partial charge in [-0.2, -0.15) is 0 Å². The highest BCUT2D eigenvalue weighted by Crippen LogP contribution is 2.67. The lowest BCUT2D eigenvalue weighted by atomic mass is 9.98. The van der Waals surface area contributed by atoms with Crippen LogP contribution in [0.15, 0.2) is 19.6 Å². The molecule has 6 N–H and O–H groups in total. The number of benzene rings is 2. The standard InChI is InChI=1S/C31H19O12S4/c1-28(2)40-18-14(19-21(43-29(3,4)41-19)16(26(36)37)20(18)42-28)13-15-22-24(46-30(44-22,5-9-32)6-10-33)17(27(38)39)25-23(15)45-31(47-25,7-11-34)8-12-35/h13,32-35H,1-4H3,(H,36,37)(H,38,39). The van der Waals surface area contributed by atoms with Crippen LogP contribution in [0, 0.1) is 54.5 Å². The number of aliphatic hydroxyl groups excluding tert-OH is 4. The summed E-state index contributed by atoms with van der Waals surface area (Å²) in [6, 6.07) is 0. The van der Waals surface area contributed by atoms with Crippen LogP contribution in [0.25, 0.3) is 0 Å². The molecule has 4 aliphatic heterocycles. The minimum Gasteiger partial charge on any atom is -0.478 e. The topological polar surface area (TPSA) is 192 Å². The number of aliphatic hydroxyl groups is 4. The lowest BCUT2D eigenvalue weighted by Gasteiger charge is -2.20. The normalized spacial score (nSPS) is 18.5. The van der Waals surface area contributed by atoms with Crippen LogP contribution < -0.4 is 18.9 Å². The first-order valence-corrected chi connectivity index (χ1v) is 16.4. The molecule has 0 unspecified atom stereocenters. The molecule has 1 radical (unpaired) electrons. The fourth-order valence-electron chi connectivity index (χ4n) is 5.15. The van der Waals surface area contributed by atoms with Crippen LogP contribution in [-0.2, 0) is 0 Å². The Bertz CT molecular complexity index is 1910. The monoisotopic (exact) mass is 711 g/mol. The van der Waals surface area contributed by atoms with Gasteiger partial charge in [0.15, 0.2) is 36.7 Å². The van der Waals surface area contributed by atoms with Crippen molar-refractivity contribution in [3.8, 4) is 71.1 Å². The third kappa shape index (κ3) is 5.18. The summed E-state index contributed by atoms with van der Waals surface area (Å²) in [5, 5.41) is 58.9. The van der Waals surface area contributed by atoms with E-state index in [1.165, 1.54) is 0 Å². The Morgan fingerprint density at radius 1 is 0.553 bits per heavy atom. The zero-order chi connectivity index (χ0) is 34.1. The Morgan fingerprint density at radius 3 is 1.23 bits per heavy atom. The summed E-state index contributed by atoms with van der Waals surface area (Å²) in [5.41, 5.74) is 0.00771. The van der Waals surface area contributed by atoms with Crippen LogP contribution in [0.2, 0.25) is 0 Å². The third-order valence-electron chi connectivity index (χ3n) is 6.68. The largest absolute Gasteiger partial charge is 0.478 e. The molecule has 0 aliphatic carbocycles. The molecular formula is C31H19O12S4. The number of hydrogen-bond acceptors (Lipinski definition) is 14. The molecule has 0 fully saturated rings. The molecule has 0 bridgehead atoms. The number of hydrogen-bond donors (Lipinski definition) is 6.